The van der Waals surface area contributed by atoms with Gasteiger partial charge < -0.3 is 4.90 Å². The van der Waals surface area contributed by atoms with Gasteiger partial charge in [-0.15, -0.1) is 0 Å². The fourth-order valence-electron chi connectivity index (χ4n) is 4.92. The van der Waals surface area contributed by atoms with Gasteiger partial charge in [0, 0.05) is 17.1 Å². The molecule has 0 fully saturated rings. The number of rotatable bonds is 5. The summed E-state index contributed by atoms with van der Waals surface area (Å²) in [7, 11) is 0. The lowest BCUT2D eigenvalue weighted by molar-refractivity contribution is 0.686. The Bertz CT molecular complexity index is 1270. The van der Waals surface area contributed by atoms with Gasteiger partial charge >= 0.3 is 0 Å². The van der Waals surface area contributed by atoms with E-state index in [1.165, 1.54) is 69.7 Å². The number of nitrogens with zero attached hydrogens (tertiary/aromatic N) is 1. The minimum atomic E-state index is 1.16. The van der Waals surface area contributed by atoms with Crippen LogP contribution in [0.5, 0.6) is 0 Å². The molecule has 0 unspecified atom stereocenters. The van der Waals surface area contributed by atoms with E-state index in [-0.39, 0.29) is 0 Å². The highest BCUT2D eigenvalue weighted by Gasteiger charge is 2.19. The molecule has 0 saturated carbocycles. The van der Waals surface area contributed by atoms with Crippen molar-refractivity contribution in [3.63, 3.8) is 0 Å². The van der Waals surface area contributed by atoms with Crippen LogP contribution in [0.1, 0.15) is 47.6 Å². The first-order valence-corrected chi connectivity index (χ1v) is 12.0. The largest absolute Gasteiger partial charge is 0.310 e. The van der Waals surface area contributed by atoms with E-state index in [4.69, 9.17) is 0 Å². The Hall–Kier alpha value is -3.58. The van der Waals surface area contributed by atoms with Crippen LogP contribution in [0, 0.1) is 6.92 Å². The van der Waals surface area contributed by atoms with Gasteiger partial charge in [-0.1, -0.05) is 78.4 Å². The second-order valence-corrected chi connectivity index (χ2v) is 9.08. The zero-order valence-corrected chi connectivity index (χ0v) is 19.6. The molecule has 0 bridgehead atoms. The minimum absolute atomic E-state index is 1.16. The third-order valence-corrected chi connectivity index (χ3v) is 6.63. The third-order valence-electron chi connectivity index (χ3n) is 6.63. The van der Waals surface area contributed by atoms with Gasteiger partial charge in [0.15, 0.2) is 0 Å². The molecular weight excluding hydrogens is 398 g/mol. The van der Waals surface area contributed by atoms with E-state index in [9.17, 15) is 0 Å². The second kappa shape index (κ2) is 9.50. The summed E-state index contributed by atoms with van der Waals surface area (Å²) in [5.74, 6) is 0. The molecule has 0 radical (unpaired) electrons. The Kier molecular flexibility index (Phi) is 6.13. The lowest BCUT2D eigenvalue weighted by Crippen LogP contribution is -2.15. The summed E-state index contributed by atoms with van der Waals surface area (Å²) >= 11 is 0. The Labute approximate surface area is 198 Å². The average molecular weight is 430 g/mol. The predicted molar refractivity (Wildman–Crippen MR) is 142 cm³/mol. The molecule has 0 amide bonds. The van der Waals surface area contributed by atoms with E-state index < -0.39 is 0 Å². The molecule has 0 aliphatic heterocycles. The third kappa shape index (κ3) is 4.64. The van der Waals surface area contributed by atoms with E-state index in [1.807, 2.05) is 0 Å². The van der Waals surface area contributed by atoms with E-state index >= 15 is 0 Å². The van der Waals surface area contributed by atoms with Crippen LogP contribution in [-0.2, 0) is 12.8 Å². The summed E-state index contributed by atoms with van der Waals surface area (Å²) in [6.45, 7) is 4.33. The summed E-state index contributed by atoms with van der Waals surface area (Å²) in [5, 5.41) is 0. The number of anilines is 3. The van der Waals surface area contributed by atoms with Crippen LogP contribution in [0.2, 0.25) is 0 Å². The van der Waals surface area contributed by atoms with Gasteiger partial charge in [-0.2, -0.15) is 0 Å². The molecule has 4 aromatic carbocycles. The van der Waals surface area contributed by atoms with Gasteiger partial charge in [-0.25, -0.2) is 0 Å². The average Bonchev–Trinajstić information content (AvgIpc) is 2.86. The standard InChI is InChI=1S/C32H31N/c1-24-10-8-13-28(22-24)25(2)23-26-18-20-30(21-19-26)33(29-14-4-3-5-15-29)32-17-9-12-27-11-6-7-16-31(27)32/h3-5,8-10,12-15,17-23H,6-7,11,16H2,1-2H3/b25-23+. The molecule has 0 saturated heterocycles. The molecular formula is C32H31N. The van der Waals surface area contributed by atoms with Crippen LogP contribution < -0.4 is 4.90 Å². The molecule has 5 rings (SSSR count). The molecule has 1 nitrogen and oxygen atoms in total. The Balaban J connectivity index is 1.53. The number of aryl methyl sites for hydroxylation is 2. The Morgan fingerprint density at radius 1 is 0.727 bits per heavy atom. The molecule has 1 aliphatic rings. The topological polar surface area (TPSA) is 3.24 Å². The first kappa shape index (κ1) is 21.3. The van der Waals surface area contributed by atoms with Crippen molar-refractivity contribution < 1.29 is 0 Å². The van der Waals surface area contributed by atoms with E-state index in [2.05, 4.69) is 122 Å². The van der Waals surface area contributed by atoms with E-state index in [0.717, 1.165) is 6.42 Å². The van der Waals surface area contributed by atoms with Crippen molar-refractivity contribution in [3.8, 4) is 0 Å². The Morgan fingerprint density at radius 3 is 2.24 bits per heavy atom. The molecule has 4 aromatic rings. The van der Waals surface area contributed by atoms with Gasteiger partial charge in [0.1, 0.15) is 0 Å². The molecule has 1 heteroatoms. The van der Waals surface area contributed by atoms with Crippen LogP contribution in [0.15, 0.2) is 97.1 Å². The molecule has 33 heavy (non-hydrogen) atoms. The van der Waals surface area contributed by atoms with Crippen molar-refractivity contribution >= 4 is 28.7 Å². The van der Waals surface area contributed by atoms with Crippen LogP contribution in [0.25, 0.3) is 11.6 Å². The number of hydrogen-bond donors (Lipinski definition) is 0. The number of benzene rings is 4. The van der Waals surface area contributed by atoms with Crippen molar-refractivity contribution in [3.05, 3.63) is 125 Å². The first-order valence-electron chi connectivity index (χ1n) is 12.0. The van der Waals surface area contributed by atoms with Crippen LogP contribution in [0.4, 0.5) is 17.1 Å². The van der Waals surface area contributed by atoms with Gasteiger partial charge in [-0.05, 0) is 97.7 Å². The van der Waals surface area contributed by atoms with Crippen LogP contribution in [0.3, 0.4) is 0 Å². The maximum Gasteiger partial charge on any atom is 0.0496 e. The second-order valence-electron chi connectivity index (χ2n) is 9.08. The molecule has 0 atom stereocenters. The SMILES string of the molecule is C/C(=C\c1ccc(N(c2ccccc2)c2cccc3c2CCCC3)cc1)c1cccc(C)c1. The smallest absolute Gasteiger partial charge is 0.0496 e. The van der Waals surface area contributed by atoms with Crippen molar-refractivity contribution in [2.24, 2.45) is 0 Å². The normalized spacial score (nSPS) is 13.5. The van der Waals surface area contributed by atoms with Gasteiger partial charge in [0.2, 0.25) is 0 Å². The molecule has 1 aliphatic carbocycles. The molecule has 164 valence electrons. The summed E-state index contributed by atoms with van der Waals surface area (Å²) in [5.41, 5.74) is 11.8. The van der Waals surface area contributed by atoms with Crippen molar-refractivity contribution in [1.29, 1.82) is 0 Å². The van der Waals surface area contributed by atoms with Crippen LogP contribution >= 0.6 is 0 Å². The zero-order valence-electron chi connectivity index (χ0n) is 19.6. The highest BCUT2D eigenvalue weighted by molar-refractivity contribution is 5.83. The monoisotopic (exact) mass is 429 g/mol. The number of hydrogen-bond acceptors (Lipinski definition) is 1. The fraction of sp³-hybridized carbons (Fsp3) is 0.188. The highest BCUT2D eigenvalue weighted by Crippen LogP contribution is 2.39. The van der Waals surface area contributed by atoms with Crippen molar-refractivity contribution in [2.45, 2.75) is 39.5 Å². The predicted octanol–water partition coefficient (Wildman–Crippen LogP) is 8.90. The molecule has 0 heterocycles. The molecule has 0 aromatic heterocycles. The fourth-order valence-corrected chi connectivity index (χ4v) is 4.92. The van der Waals surface area contributed by atoms with Crippen molar-refractivity contribution in [1.82, 2.24) is 0 Å². The maximum absolute atomic E-state index is 2.42. The van der Waals surface area contributed by atoms with Gasteiger partial charge in [0.25, 0.3) is 0 Å². The summed E-state index contributed by atoms with van der Waals surface area (Å²) in [6, 6.07) is 35.2. The quantitative estimate of drug-likeness (QED) is 0.286. The van der Waals surface area contributed by atoms with Crippen molar-refractivity contribution in [2.75, 3.05) is 4.90 Å². The molecule has 0 spiro atoms. The molecule has 0 N–H and O–H groups in total. The number of para-hydroxylation sites is 1. The zero-order chi connectivity index (χ0) is 22.6. The number of fused-ring (bicyclic) bond motifs is 1. The van der Waals surface area contributed by atoms with E-state index in [1.54, 1.807) is 0 Å². The lowest BCUT2D eigenvalue weighted by atomic mass is 9.90. The highest BCUT2D eigenvalue weighted by atomic mass is 15.1. The lowest BCUT2D eigenvalue weighted by Gasteiger charge is -2.30. The maximum atomic E-state index is 2.42. The van der Waals surface area contributed by atoms with Crippen LogP contribution in [-0.4, -0.2) is 0 Å². The Morgan fingerprint density at radius 2 is 1.45 bits per heavy atom. The summed E-state index contributed by atoms with van der Waals surface area (Å²) < 4.78 is 0. The first-order chi connectivity index (χ1) is 16.2. The van der Waals surface area contributed by atoms with Gasteiger partial charge in [-0.3, -0.25) is 0 Å². The summed E-state index contributed by atoms with van der Waals surface area (Å²) in [4.78, 5) is 2.42. The van der Waals surface area contributed by atoms with Gasteiger partial charge in [0.05, 0.1) is 0 Å². The number of allylic oxidation sites excluding steroid dienone is 1. The summed E-state index contributed by atoms with van der Waals surface area (Å²) in [6.07, 6.45) is 7.19. The van der Waals surface area contributed by atoms with E-state index in [0.29, 0.717) is 0 Å². The minimum Gasteiger partial charge on any atom is -0.310 e.